The predicted molar refractivity (Wildman–Crippen MR) is 80.2 cm³/mol. The van der Waals surface area contributed by atoms with Gasteiger partial charge in [-0.1, -0.05) is 29.8 Å². The van der Waals surface area contributed by atoms with Crippen molar-refractivity contribution in [2.45, 2.75) is 25.4 Å². The van der Waals surface area contributed by atoms with E-state index < -0.39 is 11.6 Å². The zero-order valence-corrected chi connectivity index (χ0v) is 12.3. The molecule has 0 radical (unpaired) electrons. The van der Waals surface area contributed by atoms with Crippen LogP contribution in [-0.4, -0.2) is 11.4 Å². The van der Waals surface area contributed by atoms with Crippen molar-refractivity contribution in [3.63, 3.8) is 0 Å². The smallest absolute Gasteiger partial charge is 0.159 e. The van der Waals surface area contributed by atoms with Gasteiger partial charge in [-0.15, -0.1) is 0 Å². The van der Waals surface area contributed by atoms with Crippen LogP contribution in [0, 0.1) is 11.6 Å². The average molecular weight is 308 g/mol. The summed E-state index contributed by atoms with van der Waals surface area (Å²) in [6, 6.07) is 12.3. The van der Waals surface area contributed by atoms with Gasteiger partial charge in [-0.25, -0.2) is 8.78 Å². The highest BCUT2D eigenvalue weighted by Crippen LogP contribution is 2.33. The normalized spacial score (nSPS) is 19.1. The highest BCUT2D eigenvalue weighted by Gasteiger charge is 2.26. The molecule has 1 saturated heterocycles. The Kier molecular flexibility index (Phi) is 4.22. The quantitative estimate of drug-likeness (QED) is 0.775. The molecule has 1 fully saturated rings. The average Bonchev–Trinajstić information content (AvgIpc) is 2.92. The summed E-state index contributed by atoms with van der Waals surface area (Å²) in [5.74, 6) is -1.58. The third-order valence-corrected chi connectivity index (χ3v) is 4.24. The van der Waals surface area contributed by atoms with Gasteiger partial charge in [0.25, 0.3) is 0 Å². The molecule has 1 aliphatic heterocycles. The molecule has 0 amide bonds. The summed E-state index contributed by atoms with van der Waals surface area (Å²) in [6.07, 6.45) is 2.18. The molecule has 4 heteroatoms. The van der Waals surface area contributed by atoms with Crippen LogP contribution >= 0.6 is 11.6 Å². The van der Waals surface area contributed by atoms with Gasteiger partial charge < -0.3 is 0 Å². The van der Waals surface area contributed by atoms with Gasteiger partial charge in [0.05, 0.1) is 0 Å². The van der Waals surface area contributed by atoms with E-state index in [9.17, 15) is 8.78 Å². The van der Waals surface area contributed by atoms with E-state index in [1.165, 1.54) is 17.7 Å². The van der Waals surface area contributed by atoms with Crippen LogP contribution in [0.3, 0.4) is 0 Å². The fourth-order valence-electron chi connectivity index (χ4n) is 2.95. The largest absolute Gasteiger partial charge is 0.292 e. The molecule has 0 saturated carbocycles. The molecule has 0 unspecified atom stereocenters. The molecule has 110 valence electrons. The van der Waals surface area contributed by atoms with Crippen LogP contribution in [0.5, 0.6) is 0 Å². The number of hydrogen-bond donors (Lipinski definition) is 0. The van der Waals surface area contributed by atoms with Crippen molar-refractivity contribution in [1.82, 2.24) is 4.90 Å². The molecule has 2 aromatic rings. The zero-order chi connectivity index (χ0) is 14.8. The maximum absolute atomic E-state index is 13.3. The van der Waals surface area contributed by atoms with E-state index in [2.05, 4.69) is 4.90 Å². The number of hydrogen-bond acceptors (Lipinski definition) is 1. The monoisotopic (exact) mass is 307 g/mol. The first-order chi connectivity index (χ1) is 10.1. The minimum Gasteiger partial charge on any atom is -0.292 e. The van der Waals surface area contributed by atoms with Gasteiger partial charge in [0.2, 0.25) is 0 Å². The summed E-state index contributed by atoms with van der Waals surface area (Å²) in [4.78, 5) is 2.30. The summed E-state index contributed by atoms with van der Waals surface area (Å²) in [5.41, 5.74) is 2.02. The van der Waals surface area contributed by atoms with E-state index in [4.69, 9.17) is 11.6 Å². The minimum atomic E-state index is -0.797. The Morgan fingerprint density at radius 3 is 2.52 bits per heavy atom. The van der Waals surface area contributed by atoms with E-state index in [1.54, 1.807) is 6.07 Å². The molecule has 0 N–H and O–H groups in total. The molecule has 21 heavy (non-hydrogen) atoms. The molecule has 2 aromatic carbocycles. The third kappa shape index (κ3) is 3.25. The fraction of sp³-hybridized carbons (Fsp3) is 0.294. The molecule has 1 heterocycles. The second-order valence-corrected chi connectivity index (χ2v) is 5.86. The van der Waals surface area contributed by atoms with Crippen molar-refractivity contribution in [2.75, 3.05) is 6.54 Å². The molecule has 1 nitrogen and oxygen atoms in total. The lowest BCUT2D eigenvalue weighted by Gasteiger charge is -2.25. The second kappa shape index (κ2) is 6.12. The fourth-order valence-corrected chi connectivity index (χ4v) is 3.08. The first kappa shape index (κ1) is 14.5. The van der Waals surface area contributed by atoms with Crippen molar-refractivity contribution >= 4 is 11.6 Å². The van der Waals surface area contributed by atoms with Gasteiger partial charge in [-0.3, -0.25) is 4.90 Å². The van der Waals surface area contributed by atoms with Gasteiger partial charge in [0.15, 0.2) is 11.6 Å². The Morgan fingerprint density at radius 2 is 1.81 bits per heavy atom. The summed E-state index contributed by atoms with van der Waals surface area (Å²) in [6.45, 7) is 1.59. The molecule has 0 aromatic heterocycles. The summed E-state index contributed by atoms with van der Waals surface area (Å²) in [7, 11) is 0. The molecular formula is C17H16ClF2N. The number of halogens is 3. The Bertz CT molecular complexity index is 627. The van der Waals surface area contributed by atoms with Gasteiger partial charge in [0.1, 0.15) is 0 Å². The standard InChI is InChI=1S/C17H16ClF2N/c18-14-6-4-13(5-7-14)17-2-1-9-21(17)11-12-3-8-15(19)16(20)10-12/h3-8,10,17H,1-2,9,11H2/t17-/m0/s1. The van der Waals surface area contributed by atoms with Crippen LogP contribution in [0.2, 0.25) is 5.02 Å². The SMILES string of the molecule is Fc1ccc(CN2CCC[C@H]2c2ccc(Cl)cc2)cc1F. The third-order valence-electron chi connectivity index (χ3n) is 3.99. The van der Waals surface area contributed by atoms with Crippen LogP contribution in [0.15, 0.2) is 42.5 Å². The molecule has 0 spiro atoms. The molecule has 1 atom stereocenters. The van der Waals surface area contributed by atoms with Crippen LogP contribution < -0.4 is 0 Å². The molecule has 1 aliphatic rings. The van der Waals surface area contributed by atoms with Crippen LogP contribution in [0.25, 0.3) is 0 Å². The van der Waals surface area contributed by atoms with E-state index >= 15 is 0 Å². The lowest BCUT2D eigenvalue weighted by molar-refractivity contribution is 0.248. The van der Waals surface area contributed by atoms with E-state index in [-0.39, 0.29) is 0 Å². The number of rotatable bonds is 3. The second-order valence-electron chi connectivity index (χ2n) is 5.43. The Balaban J connectivity index is 1.77. The van der Waals surface area contributed by atoms with Gasteiger partial charge in [0, 0.05) is 17.6 Å². The van der Waals surface area contributed by atoms with Crippen molar-refractivity contribution < 1.29 is 8.78 Å². The first-order valence-corrected chi connectivity index (χ1v) is 7.45. The van der Waals surface area contributed by atoms with Gasteiger partial charge >= 0.3 is 0 Å². The molecule has 0 bridgehead atoms. The Hall–Kier alpha value is -1.45. The van der Waals surface area contributed by atoms with Crippen LogP contribution in [-0.2, 0) is 6.54 Å². The molecular weight excluding hydrogens is 292 g/mol. The highest BCUT2D eigenvalue weighted by atomic mass is 35.5. The maximum atomic E-state index is 13.3. The lowest BCUT2D eigenvalue weighted by atomic mass is 10.0. The van der Waals surface area contributed by atoms with E-state index in [0.29, 0.717) is 12.6 Å². The first-order valence-electron chi connectivity index (χ1n) is 7.07. The predicted octanol–water partition coefficient (Wildman–Crippen LogP) is 4.96. The number of benzene rings is 2. The maximum Gasteiger partial charge on any atom is 0.159 e. The summed E-state index contributed by atoms with van der Waals surface area (Å²) >= 11 is 5.93. The van der Waals surface area contributed by atoms with E-state index in [0.717, 1.165) is 30.0 Å². The number of nitrogens with zero attached hydrogens (tertiary/aromatic N) is 1. The molecule has 0 aliphatic carbocycles. The summed E-state index contributed by atoms with van der Waals surface area (Å²) in [5, 5.41) is 0.726. The Labute approximate surface area is 128 Å². The van der Waals surface area contributed by atoms with Crippen LogP contribution in [0.4, 0.5) is 8.78 Å². The van der Waals surface area contributed by atoms with Crippen molar-refractivity contribution in [2.24, 2.45) is 0 Å². The molecule has 3 rings (SSSR count). The summed E-state index contributed by atoms with van der Waals surface area (Å²) < 4.78 is 26.3. The highest BCUT2D eigenvalue weighted by molar-refractivity contribution is 6.30. The lowest BCUT2D eigenvalue weighted by Crippen LogP contribution is -2.22. The van der Waals surface area contributed by atoms with Crippen molar-refractivity contribution in [3.8, 4) is 0 Å². The van der Waals surface area contributed by atoms with Gasteiger partial charge in [-0.05, 0) is 54.8 Å². The Morgan fingerprint density at radius 1 is 1.05 bits per heavy atom. The van der Waals surface area contributed by atoms with Crippen LogP contribution in [0.1, 0.15) is 30.0 Å². The topological polar surface area (TPSA) is 3.24 Å². The minimum absolute atomic E-state index is 0.315. The van der Waals surface area contributed by atoms with Crippen molar-refractivity contribution in [3.05, 3.63) is 70.2 Å². The zero-order valence-electron chi connectivity index (χ0n) is 11.5. The van der Waals surface area contributed by atoms with Crippen molar-refractivity contribution in [1.29, 1.82) is 0 Å². The van der Waals surface area contributed by atoms with E-state index in [1.807, 2.05) is 24.3 Å². The van der Waals surface area contributed by atoms with Gasteiger partial charge in [-0.2, -0.15) is 0 Å². The number of likely N-dealkylation sites (tertiary alicyclic amines) is 1.